The van der Waals surface area contributed by atoms with Gasteiger partial charge in [-0.05, 0) is 6.92 Å². The van der Waals surface area contributed by atoms with E-state index in [1.165, 1.54) is 9.80 Å². The molecule has 0 N–H and O–H groups in total. The second kappa shape index (κ2) is 2.90. The predicted molar refractivity (Wildman–Crippen MR) is 40.3 cm³/mol. The number of Topliss-reactive ketones (excluding diaryl/α,β-unsaturated/α-hetero) is 1. The van der Waals surface area contributed by atoms with Crippen molar-refractivity contribution in [3.8, 4) is 0 Å². The normalized spacial score (nSPS) is 19.5. The van der Waals surface area contributed by atoms with E-state index in [0.29, 0.717) is 6.54 Å². The summed E-state index contributed by atoms with van der Waals surface area (Å²) in [6.45, 7) is 3.01. The summed E-state index contributed by atoms with van der Waals surface area (Å²) >= 11 is 0. The van der Waals surface area contributed by atoms with Crippen LogP contribution in [0.25, 0.3) is 0 Å². The van der Waals surface area contributed by atoms with E-state index in [9.17, 15) is 9.59 Å². The molecule has 0 spiro atoms. The van der Waals surface area contributed by atoms with Crippen LogP contribution in [0, 0.1) is 0 Å². The second-order valence-electron chi connectivity index (χ2n) is 2.69. The molecule has 4 heteroatoms. The molecule has 1 aliphatic rings. The third-order valence-electron chi connectivity index (χ3n) is 1.76. The molecule has 62 valence electrons. The van der Waals surface area contributed by atoms with Crippen molar-refractivity contribution >= 4 is 11.8 Å². The number of nitrogens with zero attached hydrogens (tertiary/aromatic N) is 2. The first kappa shape index (κ1) is 8.04. The van der Waals surface area contributed by atoms with Gasteiger partial charge in [0.1, 0.15) is 0 Å². The maximum Gasteiger partial charge on any atom is 0.320 e. The molecule has 0 aromatic heterocycles. The van der Waals surface area contributed by atoms with Crippen LogP contribution < -0.4 is 0 Å². The standard InChI is InChI=1S/C7H12N2O2/c1-3-9-5-6(10)4-8(2)7(9)11/h3-5H2,1-2H3. The van der Waals surface area contributed by atoms with E-state index in [-0.39, 0.29) is 24.9 Å². The van der Waals surface area contributed by atoms with Crippen molar-refractivity contribution in [1.82, 2.24) is 9.80 Å². The zero-order valence-electron chi connectivity index (χ0n) is 6.83. The number of likely N-dealkylation sites (N-methyl/N-ethyl adjacent to an activating group) is 2. The Balaban J connectivity index is 2.66. The van der Waals surface area contributed by atoms with E-state index in [0.717, 1.165) is 0 Å². The molecule has 0 aliphatic carbocycles. The Labute approximate surface area is 65.8 Å². The lowest BCUT2D eigenvalue weighted by Gasteiger charge is -2.31. The van der Waals surface area contributed by atoms with Crippen molar-refractivity contribution in [3.05, 3.63) is 0 Å². The zero-order valence-corrected chi connectivity index (χ0v) is 6.83. The predicted octanol–water partition coefficient (Wildman–Crippen LogP) is -0.0572. The van der Waals surface area contributed by atoms with E-state index in [1.54, 1.807) is 7.05 Å². The average molecular weight is 156 g/mol. The van der Waals surface area contributed by atoms with Gasteiger partial charge in [0, 0.05) is 13.6 Å². The second-order valence-corrected chi connectivity index (χ2v) is 2.69. The monoisotopic (exact) mass is 156 g/mol. The summed E-state index contributed by atoms with van der Waals surface area (Å²) in [7, 11) is 1.64. The lowest BCUT2D eigenvalue weighted by atomic mass is 10.3. The van der Waals surface area contributed by atoms with Crippen LogP contribution in [0.15, 0.2) is 0 Å². The molecule has 4 nitrogen and oxygen atoms in total. The minimum atomic E-state index is -0.0490. The third-order valence-corrected chi connectivity index (χ3v) is 1.76. The first-order valence-corrected chi connectivity index (χ1v) is 3.67. The van der Waals surface area contributed by atoms with E-state index in [4.69, 9.17) is 0 Å². The first-order valence-electron chi connectivity index (χ1n) is 3.67. The molecule has 0 aromatic rings. The highest BCUT2D eigenvalue weighted by molar-refractivity contribution is 5.92. The smallest absolute Gasteiger partial charge is 0.320 e. The Morgan fingerprint density at radius 2 is 2.00 bits per heavy atom. The minimum absolute atomic E-state index is 0.0490. The van der Waals surface area contributed by atoms with Gasteiger partial charge in [-0.15, -0.1) is 0 Å². The third kappa shape index (κ3) is 1.50. The Hall–Kier alpha value is -1.06. The average Bonchev–Trinajstić information content (AvgIpc) is 1.96. The summed E-state index contributed by atoms with van der Waals surface area (Å²) in [5.74, 6) is 0.106. The van der Waals surface area contributed by atoms with Crippen LogP contribution in [0.5, 0.6) is 0 Å². The van der Waals surface area contributed by atoms with Crippen LogP contribution in [0.1, 0.15) is 6.92 Å². The molecule has 0 saturated carbocycles. The molecule has 0 unspecified atom stereocenters. The van der Waals surface area contributed by atoms with Crippen molar-refractivity contribution in [1.29, 1.82) is 0 Å². The largest absolute Gasteiger partial charge is 0.320 e. The number of amides is 2. The Kier molecular flexibility index (Phi) is 2.12. The number of hydrogen-bond acceptors (Lipinski definition) is 2. The molecule has 0 radical (unpaired) electrons. The maximum absolute atomic E-state index is 11.2. The lowest BCUT2D eigenvalue weighted by Crippen LogP contribution is -2.51. The highest BCUT2D eigenvalue weighted by Gasteiger charge is 2.25. The molecule has 1 rings (SSSR count). The van der Waals surface area contributed by atoms with Crippen LogP contribution in [0.3, 0.4) is 0 Å². The summed E-state index contributed by atoms with van der Waals surface area (Å²) in [5.41, 5.74) is 0. The van der Waals surface area contributed by atoms with Gasteiger partial charge < -0.3 is 9.80 Å². The number of rotatable bonds is 1. The summed E-state index contributed by atoms with van der Waals surface area (Å²) < 4.78 is 0. The molecular weight excluding hydrogens is 144 g/mol. The van der Waals surface area contributed by atoms with Crippen LogP contribution in [0.4, 0.5) is 4.79 Å². The highest BCUT2D eigenvalue weighted by Crippen LogP contribution is 2.02. The minimum Gasteiger partial charge on any atom is -0.320 e. The van der Waals surface area contributed by atoms with Gasteiger partial charge in [-0.25, -0.2) is 4.79 Å². The summed E-state index contributed by atoms with van der Waals surface area (Å²) in [6.07, 6.45) is 0. The number of carbonyl (C=O) groups is 2. The Morgan fingerprint density at radius 3 is 2.55 bits per heavy atom. The van der Waals surface area contributed by atoms with E-state index >= 15 is 0 Å². The quantitative estimate of drug-likeness (QED) is 0.533. The summed E-state index contributed by atoms with van der Waals surface area (Å²) in [4.78, 5) is 25.1. The van der Waals surface area contributed by atoms with E-state index in [1.807, 2.05) is 6.92 Å². The molecule has 1 saturated heterocycles. The number of carbonyl (C=O) groups excluding carboxylic acids is 2. The fraction of sp³-hybridized carbons (Fsp3) is 0.714. The van der Waals surface area contributed by atoms with Gasteiger partial charge in [0.25, 0.3) is 0 Å². The fourth-order valence-electron chi connectivity index (χ4n) is 1.15. The summed E-state index contributed by atoms with van der Waals surface area (Å²) in [5, 5.41) is 0. The highest BCUT2D eigenvalue weighted by atomic mass is 16.2. The van der Waals surface area contributed by atoms with Gasteiger partial charge in [0.05, 0.1) is 13.1 Å². The van der Waals surface area contributed by atoms with Crippen molar-refractivity contribution in [3.63, 3.8) is 0 Å². The first-order chi connectivity index (χ1) is 5.15. The molecule has 0 bridgehead atoms. The fourth-order valence-corrected chi connectivity index (χ4v) is 1.15. The van der Waals surface area contributed by atoms with Crippen LogP contribution in [0.2, 0.25) is 0 Å². The number of hydrogen-bond donors (Lipinski definition) is 0. The van der Waals surface area contributed by atoms with Gasteiger partial charge in [0.15, 0.2) is 5.78 Å². The van der Waals surface area contributed by atoms with Crippen molar-refractivity contribution in [2.24, 2.45) is 0 Å². The number of ketones is 1. The van der Waals surface area contributed by atoms with Crippen LogP contribution in [-0.2, 0) is 4.79 Å². The molecule has 1 aliphatic heterocycles. The topological polar surface area (TPSA) is 40.6 Å². The molecule has 0 aromatic carbocycles. The van der Waals surface area contributed by atoms with Gasteiger partial charge in [-0.2, -0.15) is 0 Å². The van der Waals surface area contributed by atoms with Crippen molar-refractivity contribution < 1.29 is 9.59 Å². The summed E-state index contributed by atoms with van der Waals surface area (Å²) in [6, 6.07) is -0.0490. The van der Waals surface area contributed by atoms with Crippen molar-refractivity contribution in [2.45, 2.75) is 6.92 Å². The zero-order chi connectivity index (χ0) is 8.43. The molecule has 1 fully saturated rings. The maximum atomic E-state index is 11.2. The van der Waals surface area contributed by atoms with Gasteiger partial charge in [-0.3, -0.25) is 4.79 Å². The van der Waals surface area contributed by atoms with Gasteiger partial charge in [-0.1, -0.05) is 0 Å². The molecule has 2 amide bonds. The number of urea groups is 1. The lowest BCUT2D eigenvalue weighted by molar-refractivity contribution is -0.121. The van der Waals surface area contributed by atoms with E-state index < -0.39 is 0 Å². The van der Waals surface area contributed by atoms with Crippen LogP contribution in [-0.4, -0.2) is 48.3 Å². The molecular formula is C7H12N2O2. The molecule has 11 heavy (non-hydrogen) atoms. The molecule has 0 atom stereocenters. The van der Waals surface area contributed by atoms with Crippen molar-refractivity contribution in [2.75, 3.05) is 26.7 Å². The molecule has 1 heterocycles. The Morgan fingerprint density at radius 1 is 1.36 bits per heavy atom. The SMILES string of the molecule is CCN1CC(=O)CN(C)C1=O. The van der Waals surface area contributed by atoms with Gasteiger partial charge >= 0.3 is 6.03 Å². The Bertz CT molecular complexity index is 191. The van der Waals surface area contributed by atoms with Gasteiger partial charge in [0.2, 0.25) is 0 Å². The van der Waals surface area contributed by atoms with Crippen LogP contribution >= 0.6 is 0 Å². The van der Waals surface area contributed by atoms with E-state index in [2.05, 4.69) is 0 Å².